The molecule has 2 rings (SSSR count). The summed E-state index contributed by atoms with van der Waals surface area (Å²) >= 11 is 1.90. The Hall–Kier alpha value is -0.730. The zero-order valence-electron chi connectivity index (χ0n) is 6.97. The molecule has 6 nitrogen and oxygen atoms in total. The van der Waals surface area contributed by atoms with Crippen molar-refractivity contribution in [3.05, 3.63) is 0 Å². The molecule has 0 aromatic carbocycles. The fourth-order valence-electron chi connectivity index (χ4n) is 0.969. The molecule has 2 heterocycles. The van der Waals surface area contributed by atoms with E-state index in [1.54, 1.807) is 0 Å². The molecule has 0 N–H and O–H groups in total. The molecule has 0 aromatic rings. The number of nitrogens with zero attached hydrogens (tertiary/aromatic N) is 2. The van der Waals surface area contributed by atoms with Crippen molar-refractivity contribution in [2.75, 3.05) is 19.0 Å². The van der Waals surface area contributed by atoms with Crippen LogP contribution >= 0.6 is 23.9 Å². The van der Waals surface area contributed by atoms with Crippen LogP contribution in [0.4, 0.5) is 4.79 Å². The van der Waals surface area contributed by atoms with Crippen molar-refractivity contribution in [1.82, 2.24) is 8.61 Å². The normalized spacial score (nSPS) is 23.4. The molecule has 2 aliphatic heterocycles. The van der Waals surface area contributed by atoms with Crippen LogP contribution in [0.25, 0.3) is 0 Å². The predicted molar refractivity (Wildman–Crippen MR) is 50.0 cm³/mol. The smallest absolute Gasteiger partial charge is 0.322 e. The first-order chi connectivity index (χ1) is 6.66. The van der Waals surface area contributed by atoms with E-state index >= 15 is 0 Å². The number of hydrogen-bond acceptors (Lipinski definition) is 7. The van der Waals surface area contributed by atoms with E-state index < -0.39 is 0 Å². The van der Waals surface area contributed by atoms with Crippen LogP contribution in [0.3, 0.4) is 0 Å². The Labute approximate surface area is 88.2 Å². The highest BCUT2D eigenvalue weighted by molar-refractivity contribution is 8.16. The maximum Gasteiger partial charge on any atom is 0.322 e. The van der Waals surface area contributed by atoms with Crippen molar-refractivity contribution in [3.8, 4) is 0 Å². The molecule has 14 heavy (non-hydrogen) atoms. The zero-order valence-corrected chi connectivity index (χ0v) is 8.60. The van der Waals surface area contributed by atoms with Gasteiger partial charge in [-0.25, -0.2) is 0 Å². The van der Waals surface area contributed by atoms with E-state index in [0.717, 1.165) is 28.2 Å². The van der Waals surface area contributed by atoms with E-state index in [-0.39, 0.29) is 36.1 Å². The van der Waals surface area contributed by atoms with Crippen LogP contribution in [0.5, 0.6) is 0 Å². The Morgan fingerprint density at radius 3 is 2.64 bits per heavy atom. The zero-order chi connectivity index (χ0) is 10.1. The first-order valence-corrected chi connectivity index (χ1v) is 5.47. The minimum Gasteiger partial charge on any atom is -0.448 e. The molecular formula is C6H6N2O4S2. The molecule has 2 aliphatic rings. The lowest BCUT2D eigenvalue weighted by Gasteiger charge is -2.15. The number of cyclic esters (lactones) is 1. The lowest BCUT2D eigenvalue weighted by atomic mass is 10.7. The van der Waals surface area contributed by atoms with Crippen LogP contribution in [0.15, 0.2) is 0 Å². The van der Waals surface area contributed by atoms with Gasteiger partial charge in [-0.2, -0.15) is 8.61 Å². The third-order valence-corrected chi connectivity index (χ3v) is 3.52. The van der Waals surface area contributed by atoms with Crippen LogP contribution < -0.4 is 0 Å². The number of imide groups is 1. The Morgan fingerprint density at radius 1 is 1.36 bits per heavy atom. The van der Waals surface area contributed by atoms with Crippen molar-refractivity contribution in [2.45, 2.75) is 0 Å². The first-order valence-electron chi connectivity index (χ1n) is 3.75. The summed E-state index contributed by atoms with van der Waals surface area (Å²) < 4.78 is 7.22. The van der Waals surface area contributed by atoms with Gasteiger partial charge in [0, 0.05) is 0 Å². The lowest BCUT2D eigenvalue weighted by Crippen LogP contribution is -2.27. The third kappa shape index (κ3) is 1.86. The lowest BCUT2D eigenvalue weighted by molar-refractivity contribution is -0.136. The van der Waals surface area contributed by atoms with Gasteiger partial charge in [-0.1, -0.05) is 11.8 Å². The molecule has 0 bridgehead atoms. The number of carbonyl (C=O) groups excluding carboxylic acids is 3. The minimum absolute atomic E-state index is 0.104. The van der Waals surface area contributed by atoms with E-state index in [9.17, 15) is 14.4 Å². The number of carbonyl (C=O) groups is 3. The van der Waals surface area contributed by atoms with Crippen molar-refractivity contribution in [1.29, 1.82) is 0 Å². The number of esters is 1. The quantitative estimate of drug-likeness (QED) is 0.494. The maximum absolute atomic E-state index is 11.2. The number of amides is 2. The van der Waals surface area contributed by atoms with Crippen LogP contribution in [0.2, 0.25) is 0 Å². The topological polar surface area (TPSA) is 66.9 Å². The molecule has 0 spiro atoms. The van der Waals surface area contributed by atoms with E-state index in [0.29, 0.717) is 0 Å². The largest absolute Gasteiger partial charge is 0.448 e. The summed E-state index contributed by atoms with van der Waals surface area (Å²) in [6, 6.07) is 0. The number of ether oxygens (including phenoxy) is 1. The van der Waals surface area contributed by atoms with E-state index in [2.05, 4.69) is 4.74 Å². The van der Waals surface area contributed by atoms with Gasteiger partial charge in [0.2, 0.25) is 0 Å². The number of rotatable bonds is 2. The van der Waals surface area contributed by atoms with Gasteiger partial charge in [-0.05, 0) is 0 Å². The summed E-state index contributed by atoms with van der Waals surface area (Å²) in [7, 11) is 0. The summed E-state index contributed by atoms with van der Waals surface area (Å²) in [5, 5.41) is -0.292. The fraction of sp³-hybridized carbons (Fsp3) is 0.500. The summed E-state index contributed by atoms with van der Waals surface area (Å²) in [4.78, 5) is 33.0. The fourth-order valence-corrected chi connectivity index (χ4v) is 2.62. The highest BCUT2D eigenvalue weighted by Crippen LogP contribution is 2.29. The second-order valence-electron chi connectivity index (χ2n) is 2.61. The predicted octanol–water partition coefficient (Wildman–Crippen LogP) is 0.0613. The van der Waals surface area contributed by atoms with Crippen LogP contribution in [0, 0.1) is 0 Å². The summed E-state index contributed by atoms with van der Waals surface area (Å²) in [5.41, 5.74) is 0. The van der Waals surface area contributed by atoms with Gasteiger partial charge in [0.15, 0.2) is 6.73 Å². The van der Waals surface area contributed by atoms with Gasteiger partial charge < -0.3 is 4.74 Å². The second-order valence-corrected chi connectivity index (χ2v) is 4.58. The van der Waals surface area contributed by atoms with Crippen molar-refractivity contribution >= 4 is 41.0 Å². The molecule has 76 valence electrons. The highest BCUT2D eigenvalue weighted by Gasteiger charge is 2.35. The van der Waals surface area contributed by atoms with E-state index in [4.69, 9.17) is 0 Å². The van der Waals surface area contributed by atoms with Crippen molar-refractivity contribution in [2.24, 2.45) is 0 Å². The Bertz CT molecular complexity index is 292. The molecule has 2 fully saturated rings. The van der Waals surface area contributed by atoms with Crippen LogP contribution in [0.1, 0.15) is 0 Å². The second kappa shape index (κ2) is 3.79. The first kappa shape index (κ1) is 9.81. The molecule has 0 saturated carbocycles. The molecule has 0 radical (unpaired) electrons. The summed E-state index contributed by atoms with van der Waals surface area (Å²) in [6.07, 6.45) is 0. The summed E-state index contributed by atoms with van der Waals surface area (Å²) in [5.74, 6) is -0.414. The highest BCUT2D eigenvalue weighted by atomic mass is 32.2. The van der Waals surface area contributed by atoms with E-state index in [1.165, 1.54) is 4.31 Å². The number of hydrogen-bond donors (Lipinski definition) is 0. The average Bonchev–Trinajstić information content (AvgIpc) is 2.67. The summed E-state index contributed by atoms with van der Waals surface area (Å²) in [6.45, 7) is 0.220. The van der Waals surface area contributed by atoms with Gasteiger partial charge in [-0.3, -0.25) is 14.4 Å². The molecule has 2 saturated heterocycles. The Balaban J connectivity index is 1.93. The van der Waals surface area contributed by atoms with Gasteiger partial charge in [0.25, 0.3) is 11.1 Å². The molecule has 0 aliphatic carbocycles. The molecule has 2 amide bonds. The molecular weight excluding hydrogens is 228 g/mol. The molecule has 0 unspecified atom stereocenters. The van der Waals surface area contributed by atoms with Gasteiger partial charge in [0.05, 0.1) is 17.9 Å². The number of thioether (sulfide) groups is 1. The monoisotopic (exact) mass is 234 g/mol. The third-order valence-electron chi connectivity index (χ3n) is 1.58. The Morgan fingerprint density at radius 2 is 2.14 bits per heavy atom. The molecule has 0 atom stereocenters. The van der Waals surface area contributed by atoms with Gasteiger partial charge in [-0.15, -0.1) is 0 Å². The molecule has 0 aromatic heterocycles. The SMILES string of the molecule is O=C1CN(SN2C(=O)CSC2=O)CO1. The van der Waals surface area contributed by atoms with Crippen molar-refractivity contribution < 1.29 is 19.1 Å². The van der Waals surface area contributed by atoms with Crippen LogP contribution in [-0.4, -0.2) is 44.8 Å². The average molecular weight is 234 g/mol. The van der Waals surface area contributed by atoms with Crippen molar-refractivity contribution in [3.63, 3.8) is 0 Å². The molecule has 8 heteroatoms. The maximum atomic E-state index is 11.2. The van der Waals surface area contributed by atoms with Crippen LogP contribution in [-0.2, 0) is 14.3 Å². The van der Waals surface area contributed by atoms with Gasteiger partial charge >= 0.3 is 5.97 Å². The standard InChI is InChI=1S/C6H6N2O4S2/c9-4-2-13-6(11)8(4)14-7-1-5(10)12-3-7/h1-3H2. The van der Waals surface area contributed by atoms with Gasteiger partial charge in [0.1, 0.15) is 6.54 Å². The minimum atomic E-state index is -0.343. The van der Waals surface area contributed by atoms with E-state index in [1.807, 2.05) is 0 Å². The Kier molecular flexibility index (Phi) is 2.66.